The van der Waals surface area contributed by atoms with Crippen LogP contribution < -0.4 is 17.0 Å². The number of methoxy groups -OCH3 is 1. The van der Waals surface area contributed by atoms with Crippen LogP contribution in [0.15, 0.2) is 24.3 Å². The van der Waals surface area contributed by atoms with Gasteiger partial charge in [-0.05, 0) is 56.1 Å². The molecule has 0 spiro atoms. The molecule has 2 nitrogen and oxygen atoms in total. The molecular formula is C24H43BrMgO2. The van der Waals surface area contributed by atoms with Crippen molar-refractivity contribution in [2.24, 2.45) is 5.92 Å². The molecule has 160 valence electrons. The number of hydrogen-bond acceptors (Lipinski definition) is 2. The van der Waals surface area contributed by atoms with Crippen molar-refractivity contribution in [3.8, 4) is 0 Å². The van der Waals surface area contributed by atoms with E-state index in [0.717, 1.165) is 31.2 Å². The van der Waals surface area contributed by atoms with Crippen molar-refractivity contribution in [2.75, 3.05) is 7.11 Å². The molecule has 0 heterocycles. The van der Waals surface area contributed by atoms with Gasteiger partial charge in [0.15, 0.2) is 0 Å². The van der Waals surface area contributed by atoms with Crippen molar-refractivity contribution in [2.45, 2.75) is 97.7 Å². The van der Waals surface area contributed by atoms with E-state index in [1.807, 2.05) is 6.92 Å². The molecule has 0 amide bonds. The van der Waals surface area contributed by atoms with Gasteiger partial charge in [-0.3, -0.25) is 0 Å². The van der Waals surface area contributed by atoms with Gasteiger partial charge in [0.25, 0.3) is 0 Å². The molecule has 0 saturated carbocycles. The van der Waals surface area contributed by atoms with Crippen molar-refractivity contribution < 1.29 is 26.8 Å². The van der Waals surface area contributed by atoms with Gasteiger partial charge >= 0.3 is 23.1 Å². The van der Waals surface area contributed by atoms with E-state index in [9.17, 15) is 5.11 Å². The van der Waals surface area contributed by atoms with E-state index in [-0.39, 0.29) is 51.7 Å². The predicted molar refractivity (Wildman–Crippen MR) is 120 cm³/mol. The molecule has 1 aromatic carbocycles. The largest absolute Gasteiger partial charge is 2.00 e. The fourth-order valence-corrected chi connectivity index (χ4v) is 2.83. The topological polar surface area (TPSA) is 29.5 Å². The Morgan fingerprint density at radius 1 is 1.00 bits per heavy atom. The molecule has 1 aromatic rings. The summed E-state index contributed by atoms with van der Waals surface area (Å²) in [6.45, 7) is 16.5. The summed E-state index contributed by atoms with van der Waals surface area (Å²) in [6.07, 6.45) is 6.05. The number of benzene rings is 1. The first-order valence-electron chi connectivity index (χ1n) is 10.3. The first-order valence-corrected chi connectivity index (χ1v) is 10.3. The van der Waals surface area contributed by atoms with Crippen molar-refractivity contribution >= 4 is 23.1 Å². The maximum Gasteiger partial charge on any atom is 2.00 e. The van der Waals surface area contributed by atoms with E-state index in [4.69, 9.17) is 4.74 Å². The molecule has 1 rings (SSSR count). The zero-order valence-electron chi connectivity index (χ0n) is 19.4. The summed E-state index contributed by atoms with van der Waals surface area (Å²) in [6, 6.07) is 8.43. The molecule has 0 radical (unpaired) electrons. The Hall–Kier alpha value is 0.386. The van der Waals surface area contributed by atoms with Gasteiger partial charge in [-0.2, -0.15) is 6.42 Å². The quantitative estimate of drug-likeness (QED) is 0.420. The third kappa shape index (κ3) is 15.3. The Morgan fingerprint density at radius 3 is 1.89 bits per heavy atom. The van der Waals surface area contributed by atoms with Gasteiger partial charge in [-0.25, -0.2) is 0 Å². The summed E-state index contributed by atoms with van der Waals surface area (Å²) < 4.78 is 5.46. The first kappa shape index (κ1) is 33.0. The summed E-state index contributed by atoms with van der Waals surface area (Å²) >= 11 is 0. The molecule has 28 heavy (non-hydrogen) atoms. The SMILES string of the molecule is COC(C)(C)CCCC(C)CCC(O)c1ccc(C(C)C)cc1.[Br-].[CH2-]CC.[Mg+2]. The minimum Gasteiger partial charge on any atom is -1.00 e. The molecule has 0 aliphatic rings. The van der Waals surface area contributed by atoms with E-state index < -0.39 is 0 Å². The van der Waals surface area contributed by atoms with Crippen LogP contribution in [-0.2, 0) is 4.74 Å². The van der Waals surface area contributed by atoms with Gasteiger partial charge in [0.1, 0.15) is 0 Å². The maximum absolute atomic E-state index is 10.4. The molecule has 2 unspecified atom stereocenters. The van der Waals surface area contributed by atoms with Gasteiger partial charge < -0.3 is 33.7 Å². The van der Waals surface area contributed by atoms with Crippen LogP contribution in [0.2, 0.25) is 0 Å². The fourth-order valence-electron chi connectivity index (χ4n) is 2.83. The zero-order valence-corrected chi connectivity index (χ0v) is 22.4. The minimum atomic E-state index is -0.339. The summed E-state index contributed by atoms with van der Waals surface area (Å²) in [5.41, 5.74) is 2.36. The number of aliphatic hydroxyl groups excluding tert-OH is 1. The number of rotatable bonds is 10. The second-order valence-electron chi connectivity index (χ2n) is 8.38. The molecule has 0 aliphatic heterocycles. The number of halogens is 1. The van der Waals surface area contributed by atoms with Gasteiger partial charge in [-0.15, -0.1) is 0 Å². The second-order valence-corrected chi connectivity index (χ2v) is 8.38. The maximum atomic E-state index is 10.4. The molecule has 0 aliphatic carbocycles. The van der Waals surface area contributed by atoms with Crippen LogP contribution in [0.25, 0.3) is 0 Å². The molecule has 2 atom stereocenters. The van der Waals surface area contributed by atoms with E-state index >= 15 is 0 Å². The van der Waals surface area contributed by atoms with Crippen molar-refractivity contribution in [3.05, 3.63) is 42.3 Å². The third-order valence-corrected chi connectivity index (χ3v) is 4.95. The molecule has 0 bridgehead atoms. The standard InChI is InChI=1S/C21H36O2.C3H7.BrH.Mg/c1-16(2)18-10-12-19(13-11-18)20(22)14-9-17(3)8-7-15-21(4,5)23-6;1-3-2;;/h10-13,16-17,20,22H,7-9,14-15H2,1-6H3;1,3H2,2H3;1H;/q;-1;;+2/p-1. The van der Waals surface area contributed by atoms with Crippen molar-refractivity contribution in [1.82, 2.24) is 0 Å². The van der Waals surface area contributed by atoms with E-state index in [0.29, 0.717) is 11.8 Å². The van der Waals surface area contributed by atoms with Crippen LogP contribution in [0, 0.1) is 12.8 Å². The summed E-state index contributed by atoms with van der Waals surface area (Å²) in [5, 5.41) is 10.4. The number of hydrogen-bond donors (Lipinski definition) is 1. The Labute approximate surface area is 202 Å². The van der Waals surface area contributed by atoms with Crippen molar-refractivity contribution in [1.29, 1.82) is 0 Å². The summed E-state index contributed by atoms with van der Waals surface area (Å²) in [5.74, 6) is 1.19. The van der Waals surface area contributed by atoms with Crippen LogP contribution in [0.3, 0.4) is 0 Å². The minimum absolute atomic E-state index is 0. The van der Waals surface area contributed by atoms with Crippen molar-refractivity contribution in [3.63, 3.8) is 0 Å². The predicted octanol–water partition coefficient (Wildman–Crippen LogP) is 3.71. The smallest absolute Gasteiger partial charge is 1.00 e. The molecule has 0 aromatic heterocycles. The van der Waals surface area contributed by atoms with Gasteiger partial charge in [0.05, 0.1) is 11.7 Å². The Morgan fingerprint density at radius 2 is 1.46 bits per heavy atom. The molecular weight excluding hydrogens is 424 g/mol. The average Bonchev–Trinajstić information content (AvgIpc) is 2.60. The fraction of sp³-hybridized carbons (Fsp3) is 0.708. The summed E-state index contributed by atoms with van der Waals surface area (Å²) in [7, 11) is 1.78. The molecule has 1 N–H and O–H groups in total. The Bertz CT molecular complexity index is 460. The third-order valence-electron chi connectivity index (χ3n) is 4.95. The zero-order chi connectivity index (χ0) is 20.2. The van der Waals surface area contributed by atoms with Crippen LogP contribution >= 0.6 is 0 Å². The van der Waals surface area contributed by atoms with Crippen LogP contribution in [-0.4, -0.2) is 40.9 Å². The second kappa shape index (κ2) is 18.2. The average molecular weight is 468 g/mol. The van der Waals surface area contributed by atoms with Gasteiger partial charge in [0, 0.05) is 7.11 Å². The molecule has 0 saturated heterocycles. The van der Waals surface area contributed by atoms with E-state index in [1.165, 1.54) is 18.4 Å². The van der Waals surface area contributed by atoms with Gasteiger partial charge in [-0.1, -0.05) is 64.8 Å². The number of aliphatic hydroxyl groups is 1. The van der Waals surface area contributed by atoms with Crippen LogP contribution in [0.1, 0.15) is 103 Å². The Kier molecular flexibility index (Phi) is 21.4. The summed E-state index contributed by atoms with van der Waals surface area (Å²) in [4.78, 5) is 0. The van der Waals surface area contributed by atoms with Gasteiger partial charge in [0.2, 0.25) is 0 Å². The first-order chi connectivity index (χ1) is 12.2. The van der Waals surface area contributed by atoms with E-state index in [2.05, 4.69) is 65.8 Å². The molecule has 4 heteroatoms. The van der Waals surface area contributed by atoms with E-state index in [1.54, 1.807) is 7.11 Å². The van der Waals surface area contributed by atoms with Crippen LogP contribution in [0.4, 0.5) is 0 Å². The number of ether oxygens (including phenoxy) is 1. The van der Waals surface area contributed by atoms with Crippen LogP contribution in [0.5, 0.6) is 0 Å². The monoisotopic (exact) mass is 466 g/mol. The molecule has 0 fully saturated rings. The Balaban J connectivity index is -0.00000117. The normalized spacial score (nSPS) is 12.9.